The Balaban J connectivity index is 1.61. The highest BCUT2D eigenvalue weighted by Crippen LogP contribution is 2.23. The molecule has 1 aromatic heterocycles. The summed E-state index contributed by atoms with van der Waals surface area (Å²) in [4.78, 5) is 9.31. The Morgan fingerprint density at radius 3 is 2.80 bits per heavy atom. The second kappa shape index (κ2) is 5.66. The number of hydrogen-bond donors (Lipinski definition) is 2. The van der Waals surface area contributed by atoms with Crippen molar-refractivity contribution >= 4 is 11.7 Å². The third kappa shape index (κ3) is 2.70. The number of nitrogens with two attached hydrogens (primary N) is 1. The number of rotatable bonds is 3. The van der Waals surface area contributed by atoms with Crippen molar-refractivity contribution < 1.29 is 5.21 Å². The number of hydrogen-bond acceptors (Lipinski definition) is 5. The summed E-state index contributed by atoms with van der Waals surface area (Å²) in [5.74, 6) is 1.36. The Bertz CT molecular complexity index is 508. The summed E-state index contributed by atoms with van der Waals surface area (Å²) < 4.78 is 0. The molecule has 2 aliphatic rings. The minimum atomic E-state index is 0.272. The van der Waals surface area contributed by atoms with Crippen molar-refractivity contribution in [1.29, 1.82) is 0 Å². The molecule has 1 fully saturated rings. The Morgan fingerprint density at radius 2 is 2.05 bits per heavy atom. The van der Waals surface area contributed by atoms with E-state index in [2.05, 4.69) is 27.1 Å². The number of oxime groups is 1. The molecule has 108 valence electrons. The minimum absolute atomic E-state index is 0.272. The van der Waals surface area contributed by atoms with Crippen molar-refractivity contribution in [2.75, 3.05) is 37.6 Å². The zero-order valence-electron chi connectivity index (χ0n) is 11.6. The average Bonchev–Trinajstić information content (AvgIpc) is 2.95. The largest absolute Gasteiger partial charge is 0.409 e. The van der Waals surface area contributed by atoms with Crippen molar-refractivity contribution in [2.45, 2.75) is 19.3 Å². The molecular weight excluding hydrogens is 254 g/mol. The van der Waals surface area contributed by atoms with E-state index in [1.807, 2.05) is 0 Å². The first kappa shape index (κ1) is 13.2. The van der Waals surface area contributed by atoms with Gasteiger partial charge < -0.3 is 15.8 Å². The van der Waals surface area contributed by atoms with Gasteiger partial charge in [-0.15, -0.1) is 0 Å². The monoisotopic (exact) mass is 275 g/mol. The van der Waals surface area contributed by atoms with Gasteiger partial charge in [-0.1, -0.05) is 11.2 Å². The van der Waals surface area contributed by atoms with Gasteiger partial charge in [0, 0.05) is 31.9 Å². The van der Waals surface area contributed by atoms with Crippen LogP contribution in [-0.2, 0) is 12.8 Å². The highest BCUT2D eigenvalue weighted by molar-refractivity contribution is 5.81. The molecule has 0 aromatic carbocycles. The van der Waals surface area contributed by atoms with Gasteiger partial charge in [0.05, 0.1) is 6.54 Å². The van der Waals surface area contributed by atoms with Crippen LogP contribution >= 0.6 is 0 Å². The summed E-state index contributed by atoms with van der Waals surface area (Å²) in [7, 11) is 0. The number of nitrogens with zero attached hydrogens (tertiary/aromatic N) is 4. The van der Waals surface area contributed by atoms with Crippen molar-refractivity contribution in [3.8, 4) is 0 Å². The molecule has 0 atom stereocenters. The van der Waals surface area contributed by atoms with Crippen LogP contribution in [-0.4, -0.2) is 53.7 Å². The van der Waals surface area contributed by atoms with Crippen LogP contribution in [0.2, 0.25) is 0 Å². The van der Waals surface area contributed by atoms with Crippen LogP contribution in [0.3, 0.4) is 0 Å². The lowest BCUT2D eigenvalue weighted by atomic mass is 10.2. The van der Waals surface area contributed by atoms with Crippen LogP contribution in [0.25, 0.3) is 0 Å². The molecule has 3 rings (SSSR count). The Kier molecular flexibility index (Phi) is 3.73. The molecule has 1 saturated heterocycles. The highest BCUT2D eigenvalue weighted by atomic mass is 16.4. The summed E-state index contributed by atoms with van der Waals surface area (Å²) >= 11 is 0. The fourth-order valence-electron chi connectivity index (χ4n) is 2.98. The van der Waals surface area contributed by atoms with E-state index in [1.54, 1.807) is 0 Å². The van der Waals surface area contributed by atoms with Gasteiger partial charge in [-0.3, -0.25) is 4.90 Å². The maximum atomic E-state index is 8.60. The third-order valence-electron chi connectivity index (χ3n) is 4.12. The zero-order valence-corrected chi connectivity index (χ0v) is 11.6. The second-order valence-electron chi connectivity index (χ2n) is 5.48. The van der Waals surface area contributed by atoms with E-state index >= 15 is 0 Å². The van der Waals surface area contributed by atoms with Crippen LogP contribution in [0.1, 0.15) is 17.7 Å². The lowest BCUT2D eigenvalue weighted by Gasteiger charge is -2.35. The SMILES string of the molecule is N/C(CN1CCN(c2ccc3c(n2)CCC3)CC1)=N/O. The van der Waals surface area contributed by atoms with Crippen LogP contribution in [0.5, 0.6) is 0 Å². The van der Waals surface area contributed by atoms with E-state index in [4.69, 9.17) is 15.9 Å². The molecule has 0 spiro atoms. The van der Waals surface area contributed by atoms with Crippen LogP contribution < -0.4 is 10.6 Å². The van der Waals surface area contributed by atoms with Crippen molar-refractivity contribution in [3.63, 3.8) is 0 Å². The van der Waals surface area contributed by atoms with E-state index in [1.165, 1.54) is 24.1 Å². The van der Waals surface area contributed by atoms with Gasteiger partial charge in [0.25, 0.3) is 0 Å². The molecule has 0 unspecified atom stereocenters. The third-order valence-corrected chi connectivity index (χ3v) is 4.12. The van der Waals surface area contributed by atoms with Gasteiger partial charge in [-0.05, 0) is 30.9 Å². The van der Waals surface area contributed by atoms with E-state index in [-0.39, 0.29) is 5.84 Å². The molecule has 20 heavy (non-hydrogen) atoms. The molecule has 1 aliphatic carbocycles. The van der Waals surface area contributed by atoms with Crippen molar-refractivity contribution in [1.82, 2.24) is 9.88 Å². The van der Waals surface area contributed by atoms with Gasteiger partial charge in [0.1, 0.15) is 5.82 Å². The predicted molar refractivity (Wildman–Crippen MR) is 78.3 cm³/mol. The van der Waals surface area contributed by atoms with Crippen molar-refractivity contribution in [3.05, 3.63) is 23.4 Å². The Hall–Kier alpha value is -1.82. The summed E-state index contributed by atoms with van der Waals surface area (Å²) in [5.41, 5.74) is 8.24. The average molecular weight is 275 g/mol. The first-order chi connectivity index (χ1) is 9.76. The van der Waals surface area contributed by atoms with Gasteiger partial charge in [-0.2, -0.15) is 0 Å². The second-order valence-corrected chi connectivity index (χ2v) is 5.48. The quantitative estimate of drug-likeness (QED) is 0.362. The lowest BCUT2D eigenvalue weighted by Crippen LogP contribution is -2.49. The van der Waals surface area contributed by atoms with Crippen LogP contribution in [0.15, 0.2) is 17.3 Å². The number of amidine groups is 1. The van der Waals surface area contributed by atoms with Gasteiger partial charge in [-0.25, -0.2) is 4.98 Å². The molecule has 2 heterocycles. The summed E-state index contributed by atoms with van der Waals surface area (Å²) in [6.45, 7) is 4.22. The predicted octanol–water partition coefficient (Wildman–Crippen LogP) is 0.439. The Morgan fingerprint density at radius 1 is 1.25 bits per heavy atom. The summed E-state index contributed by atoms with van der Waals surface area (Å²) in [5, 5.41) is 11.6. The first-order valence-electron chi connectivity index (χ1n) is 7.19. The molecule has 0 bridgehead atoms. The zero-order chi connectivity index (χ0) is 13.9. The van der Waals surface area contributed by atoms with E-state index in [0.717, 1.165) is 38.4 Å². The van der Waals surface area contributed by atoms with E-state index in [9.17, 15) is 0 Å². The molecule has 3 N–H and O–H groups in total. The van der Waals surface area contributed by atoms with E-state index < -0.39 is 0 Å². The summed E-state index contributed by atoms with van der Waals surface area (Å²) in [6, 6.07) is 4.37. The minimum Gasteiger partial charge on any atom is -0.409 e. The Labute approximate surface area is 118 Å². The molecule has 0 saturated carbocycles. The fourth-order valence-corrected chi connectivity index (χ4v) is 2.98. The first-order valence-corrected chi connectivity index (χ1v) is 7.19. The molecule has 6 heteroatoms. The molecule has 1 aromatic rings. The number of fused-ring (bicyclic) bond motifs is 1. The molecule has 1 aliphatic heterocycles. The summed E-state index contributed by atoms with van der Waals surface area (Å²) in [6.07, 6.45) is 3.53. The number of aromatic nitrogens is 1. The highest BCUT2D eigenvalue weighted by Gasteiger charge is 2.20. The standard InChI is InChI=1S/C14H21N5O/c15-13(17-20)10-18-6-8-19(9-7-18)14-5-4-11-2-1-3-12(11)16-14/h4-5,20H,1-3,6-10H2,(H2,15,17). The topological polar surface area (TPSA) is 78.0 Å². The lowest BCUT2D eigenvalue weighted by molar-refractivity contribution is 0.278. The van der Waals surface area contributed by atoms with E-state index in [0.29, 0.717) is 6.54 Å². The van der Waals surface area contributed by atoms with Gasteiger partial charge in [0.2, 0.25) is 0 Å². The fraction of sp³-hybridized carbons (Fsp3) is 0.571. The molecule has 6 nitrogen and oxygen atoms in total. The van der Waals surface area contributed by atoms with Crippen molar-refractivity contribution in [2.24, 2.45) is 10.9 Å². The number of piperazine rings is 1. The number of anilines is 1. The maximum Gasteiger partial charge on any atom is 0.153 e. The normalized spacial score (nSPS) is 20.2. The van der Waals surface area contributed by atoms with Crippen LogP contribution in [0, 0.1) is 0 Å². The van der Waals surface area contributed by atoms with Gasteiger partial charge >= 0.3 is 0 Å². The molecule has 0 amide bonds. The maximum absolute atomic E-state index is 8.60. The number of aryl methyl sites for hydroxylation is 2. The van der Waals surface area contributed by atoms with Gasteiger partial charge in [0.15, 0.2) is 5.84 Å². The molecule has 0 radical (unpaired) electrons. The smallest absolute Gasteiger partial charge is 0.153 e. The number of pyridine rings is 1. The van der Waals surface area contributed by atoms with Crippen LogP contribution in [0.4, 0.5) is 5.82 Å². The molecular formula is C14H21N5O.